The van der Waals surface area contributed by atoms with Crippen molar-refractivity contribution in [1.29, 1.82) is 0 Å². The number of benzene rings is 1. The van der Waals surface area contributed by atoms with Crippen LogP contribution in [0.4, 0.5) is 0 Å². The maximum Gasteiger partial charge on any atom is 0.253 e. The molecule has 1 saturated carbocycles. The summed E-state index contributed by atoms with van der Waals surface area (Å²) >= 11 is 0. The lowest BCUT2D eigenvalue weighted by Gasteiger charge is -2.17. The van der Waals surface area contributed by atoms with Gasteiger partial charge in [-0.15, -0.1) is 0 Å². The molecule has 3 rings (SSSR count). The highest BCUT2D eigenvalue weighted by molar-refractivity contribution is 5.94. The first-order chi connectivity index (χ1) is 9.26. The van der Waals surface area contributed by atoms with Crippen LogP contribution in [0.25, 0.3) is 0 Å². The van der Waals surface area contributed by atoms with Gasteiger partial charge in [-0.2, -0.15) is 0 Å². The van der Waals surface area contributed by atoms with Crippen LogP contribution < -0.4 is 4.74 Å². The van der Waals surface area contributed by atoms with Gasteiger partial charge in [-0.25, -0.2) is 0 Å². The quantitative estimate of drug-likeness (QED) is 0.832. The number of carbonyl (C=O) groups is 1. The van der Waals surface area contributed by atoms with Crippen molar-refractivity contribution in [2.75, 3.05) is 20.2 Å². The van der Waals surface area contributed by atoms with Gasteiger partial charge < -0.3 is 9.64 Å². The molecule has 0 spiro atoms. The molecule has 19 heavy (non-hydrogen) atoms. The van der Waals surface area contributed by atoms with Crippen molar-refractivity contribution in [2.45, 2.75) is 25.7 Å². The van der Waals surface area contributed by atoms with E-state index >= 15 is 0 Å². The van der Waals surface area contributed by atoms with Crippen molar-refractivity contribution in [3.05, 3.63) is 29.8 Å². The number of likely N-dealkylation sites (tertiary alicyclic amines) is 1. The topological polar surface area (TPSA) is 29.5 Å². The standard InChI is InChI=1S/C16H21NO2/c1-19-15-4-2-3-14(10-15)16(18)17-8-7-13(11-17)9-12-5-6-12/h2-4,10,12-13H,5-9,11H2,1H3. The molecule has 1 saturated heterocycles. The largest absolute Gasteiger partial charge is 0.497 e. The summed E-state index contributed by atoms with van der Waals surface area (Å²) in [5.74, 6) is 2.58. The first kappa shape index (κ1) is 12.5. The second kappa shape index (κ2) is 5.24. The number of amides is 1. The summed E-state index contributed by atoms with van der Waals surface area (Å²) in [5, 5.41) is 0. The van der Waals surface area contributed by atoms with Crippen LogP contribution in [-0.4, -0.2) is 31.0 Å². The molecule has 3 heteroatoms. The number of hydrogen-bond acceptors (Lipinski definition) is 2. The van der Waals surface area contributed by atoms with E-state index in [0.717, 1.165) is 36.2 Å². The van der Waals surface area contributed by atoms with Gasteiger partial charge in [0.25, 0.3) is 5.91 Å². The lowest BCUT2D eigenvalue weighted by molar-refractivity contribution is 0.0786. The Balaban J connectivity index is 1.63. The zero-order valence-electron chi connectivity index (χ0n) is 11.5. The Hall–Kier alpha value is -1.51. The van der Waals surface area contributed by atoms with Crippen molar-refractivity contribution in [1.82, 2.24) is 4.90 Å². The first-order valence-electron chi connectivity index (χ1n) is 7.19. The van der Waals surface area contributed by atoms with E-state index in [-0.39, 0.29) is 5.91 Å². The Labute approximate surface area is 114 Å². The van der Waals surface area contributed by atoms with Crippen LogP contribution in [0.15, 0.2) is 24.3 Å². The second-order valence-corrected chi connectivity index (χ2v) is 5.82. The SMILES string of the molecule is COc1cccc(C(=O)N2CCC(CC3CC3)C2)c1. The molecule has 1 atom stereocenters. The van der Waals surface area contributed by atoms with Crippen molar-refractivity contribution < 1.29 is 9.53 Å². The number of hydrogen-bond donors (Lipinski definition) is 0. The van der Waals surface area contributed by atoms with Gasteiger partial charge in [0.05, 0.1) is 7.11 Å². The van der Waals surface area contributed by atoms with Gasteiger partial charge in [-0.05, 0) is 42.9 Å². The normalized spacial score (nSPS) is 22.6. The summed E-state index contributed by atoms with van der Waals surface area (Å²) in [7, 11) is 1.63. The minimum Gasteiger partial charge on any atom is -0.497 e. The fraction of sp³-hybridized carbons (Fsp3) is 0.562. The van der Waals surface area contributed by atoms with Gasteiger partial charge >= 0.3 is 0 Å². The molecule has 1 aromatic rings. The van der Waals surface area contributed by atoms with Gasteiger partial charge in [0.15, 0.2) is 0 Å². The Morgan fingerprint density at radius 3 is 2.89 bits per heavy atom. The molecule has 1 aliphatic carbocycles. The number of nitrogens with zero attached hydrogens (tertiary/aromatic N) is 1. The summed E-state index contributed by atoms with van der Waals surface area (Å²) in [6, 6.07) is 7.45. The molecule has 1 unspecified atom stereocenters. The van der Waals surface area contributed by atoms with E-state index in [0.29, 0.717) is 0 Å². The van der Waals surface area contributed by atoms with Crippen LogP contribution in [0.1, 0.15) is 36.0 Å². The highest BCUT2D eigenvalue weighted by Crippen LogP contribution is 2.38. The van der Waals surface area contributed by atoms with Crippen molar-refractivity contribution >= 4 is 5.91 Å². The van der Waals surface area contributed by atoms with E-state index in [9.17, 15) is 4.79 Å². The van der Waals surface area contributed by atoms with Crippen molar-refractivity contribution in [2.24, 2.45) is 11.8 Å². The monoisotopic (exact) mass is 259 g/mol. The lowest BCUT2D eigenvalue weighted by Crippen LogP contribution is -2.28. The van der Waals surface area contributed by atoms with E-state index in [1.54, 1.807) is 7.11 Å². The third kappa shape index (κ3) is 2.91. The molecule has 0 aromatic heterocycles. The highest BCUT2D eigenvalue weighted by Gasteiger charge is 2.32. The molecule has 0 N–H and O–H groups in total. The van der Waals surface area contributed by atoms with E-state index in [1.165, 1.54) is 25.7 Å². The van der Waals surface area contributed by atoms with Crippen LogP contribution in [0, 0.1) is 11.8 Å². The summed E-state index contributed by atoms with van der Waals surface area (Å²) in [6.07, 6.45) is 5.30. The van der Waals surface area contributed by atoms with Crippen molar-refractivity contribution in [3.63, 3.8) is 0 Å². The van der Waals surface area contributed by atoms with E-state index in [4.69, 9.17) is 4.74 Å². The fourth-order valence-electron chi connectivity index (χ4n) is 2.97. The third-order valence-corrected chi connectivity index (χ3v) is 4.25. The minimum absolute atomic E-state index is 0.150. The smallest absolute Gasteiger partial charge is 0.253 e. The van der Waals surface area contributed by atoms with Gasteiger partial charge in [-0.3, -0.25) is 4.79 Å². The van der Waals surface area contributed by atoms with Gasteiger partial charge in [0.2, 0.25) is 0 Å². The number of carbonyl (C=O) groups excluding carboxylic acids is 1. The molecule has 0 radical (unpaired) electrons. The molecule has 0 bridgehead atoms. The predicted molar refractivity (Wildman–Crippen MR) is 74.3 cm³/mol. The first-order valence-corrected chi connectivity index (χ1v) is 7.19. The third-order valence-electron chi connectivity index (χ3n) is 4.25. The van der Waals surface area contributed by atoms with E-state index < -0.39 is 0 Å². The summed E-state index contributed by atoms with van der Waals surface area (Å²) in [6.45, 7) is 1.85. The zero-order chi connectivity index (χ0) is 13.2. The Bertz CT molecular complexity index is 468. The number of ether oxygens (including phenoxy) is 1. The molecular weight excluding hydrogens is 238 g/mol. The van der Waals surface area contributed by atoms with Crippen LogP contribution in [-0.2, 0) is 0 Å². The number of methoxy groups -OCH3 is 1. The van der Waals surface area contributed by atoms with E-state index in [2.05, 4.69) is 0 Å². The molecule has 2 aliphatic rings. The lowest BCUT2D eigenvalue weighted by atomic mass is 10.0. The van der Waals surface area contributed by atoms with Gasteiger partial charge in [-0.1, -0.05) is 18.9 Å². The molecule has 102 valence electrons. The molecule has 2 fully saturated rings. The molecule has 1 heterocycles. The second-order valence-electron chi connectivity index (χ2n) is 5.82. The Morgan fingerprint density at radius 1 is 1.32 bits per heavy atom. The van der Waals surface area contributed by atoms with Crippen molar-refractivity contribution in [3.8, 4) is 5.75 Å². The van der Waals surface area contributed by atoms with Crippen LogP contribution in [0.5, 0.6) is 5.75 Å². The maximum absolute atomic E-state index is 12.4. The summed E-state index contributed by atoms with van der Waals surface area (Å²) in [5.41, 5.74) is 0.742. The maximum atomic E-state index is 12.4. The molecule has 1 aromatic carbocycles. The Morgan fingerprint density at radius 2 is 2.16 bits per heavy atom. The number of rotatable bonds is 4. The van der Waals surface area contributed by atoms with Gasteiger partial charge in [0, 0.05) is 18.7 Å². The van der Waals surface area contributed by atoms with Crippen LogP contribution in [0.3, 0.4) is 0 Å². The van der Waals surface area contributed by atoms with Crippen LogP contribution >= 0.6 is 0 Å². The highest BCUT2D eigenvalue weighted by atomic mass is 16.5. The molecule has 1 aliphatic heterocycles. The zero-order valence-corrected chi connectivity index (χ0v) is 11.5. The predicted octanol–water partition coefficient (Wildman–Crippen LogP) is 2.96. The minimum atomic E-state index is 0.150. The molecule has 3 nitrogen and oxygen atoms in total. The van der Waals surface area contributed by atoms with Crippen LogP contribution in [0.2, 0.25) is 0 Å². The molecule has 1 amide bonds. The average Bonchev–Trinajstić information content (AvgIpc) is 3.14. The van der Waals surface area contributed by atoms with Gasteiger partial charge in [0.1, 0.15) is 5.75 Å². The fourth-order valence-corrected chi connectivity index (χ4v) is 2.97. The summed E-state index contributed by atoms with van der Waals surface area (Å²) < 4.78 is 5.18. The Kier molecular flexibility index (Phi) is 3.45. The van der Waals surface area contributed by atoms with E-state index in [1.807, 2.05) is 29.2 Å². The average molecular weight is 259 g/mol. The molecular formula is C16H21NO2. The summed E-state index contributed by atoms with van der Waals surface area (Å²) in [4.78, 5) is 14.4.